The number of nitrogens with one attached hydrogen (secondary N) is 1. The van der Waals surface area contributed by atoms with Crippen LogP contribution in [0.4, 0.5) is 5.82 Å². The molecule has 4 nitrogen and oxygen atoms in total. The van der Waals surface area contributed by atoms with Crippen LogP contribution in [0, 0.1) is 5.92 Å². The lowest BCUT2D eigenvalue weighted by Gasteiger charge is -2.14. The quantitative estimate of drug-likeness (QED) is 0.839. The van der Waals surface area contributed by atoms with Crippen LogP contribution in [0.2, 0.25) is 0 Å². The molecule has 1 aliphatic heterocycles. The number of anilines is 1. The van der Waals surface area contributed by atoms with Crippen molar-refractivity contribution in [2.24, 2.45) is 5.92 Å². The summed E-state index contributed by atoms with van der Waals surface area (Å²) in [5.74, 6) is 1.69. The Hall–Kier alpha value is -1.16. The van der Waals surface area contributed by atoms with Crippen molar-refractivity contribution in [1.82, 2.24) is 14.9 Å². The molecule has 0 aliphatic carbocycles. The molecule has 16 heavy (non-hydrogen) atoms. The minimum Gasteiger partial charge on any atom is -0.369 e. The summed E-state index contributed by atoms with van der Waals surface area (Å²) in [6.45, 7) is 8.57. The van der Waals surface area contributed by atoms with Gasteiger partial charge < -0.3 is 5.32 Å². The van der Waals surface area contributed by atoms with Crippen molar-refractivity contribution in [3.63, 3.8) is 0 Å². The Balaban J connectivity index is 1.89. The van der Waals surface area contributed by atoms with Gasteiger partial charge in [0.05, 0.1) is 18.1 Å². The lowest BCUT2D eigenvalue weighted by molar-refractivity contribution is 0.316. The van der Waals surface area contributed by atoms with Crippen molar-refractivity contribution in [2.75, 3.05) is 25.0 Å². The normalized spacial score (nSPS) is 21.2. The highest BCUT2D eigenvalue weighted by Crippen LogP contribution is 2.16. The maximum absolute atomic E-state index is 4.42. The largest absolute Gasteiger partial charge is 0.369 e. The van der Waals surface area contributed by atoms with Crippen LogP contribution in [-0.2, 0) is 6.54 Å². The molecule has 88 valence electrons. The summed E-state index contributed by atoms with van der Waals surface area (Å²) in [5, 5.41) is 3.15. The van der Waals surface area contributed by atoms with Gasteiger partial charge in [0.15, 0.2) is 0 Å². The molecule has 4 heteroatoms. The van der Waals surface area contributed by atoms with Gasteiger partial charge in [0, 0.05) is 19.6 Å². The smallest absolute Gasteiger partial charge is 0.144 e. The van der Waals surface area contributed by atoms with Gasteiger partial charge in [-0.25, -0.2) is 4.98 Å². The number of hydrogen-bond acceptors (Lipinski definition) is 4. The first-order valence-electron chi connectivity index (χ1n) is 6.05. The maximum atomic E-state index is 4.42. The van der Waals surface area contributed by atoms with Crippen molar-refractivity contribution in [1.29, 1.82) is 0 Å². The first kappa shape index (κ1) is 11.3. The third-order valence-corrected chi connectivity index (χ3v) is 2.96. The minimum absolute atomic E-state index is 0.828. The lowest BCUT2D eigenvalue weighted by Crippen LogP contribution is -2.20. The van der Waals surface area contributed by atoms with Gasteiger partial charge in [-0.1, -0.05) is 6.92 Å². The van der Waals surface area contributed by atoms with E-state index in [-0.39, 0.29) is 0 Å². The maximum Gasteiger partial charge on any atom is 0.144 e. The Morgan fingerprint density at radius 1 is 1.44 bits per heavy atom. The molecule has 0 aromatic carbocycles. The standard InChI is InChI=1S/C12H20N4/c1-3-13-12-7-14-11(6-15-12)9-16-5-4-10(2)8-16/h6-7,10H,3-5,8-9H2,1-2H3,(H,13,15). The molecule has 0 amide bonds. The van der Waals surface area contributed by atoms with E-state index >= 15 is 0 Å². The summed E-state index contributed by atoms with van der Waals surface area (Å²) in [6, 6.07) is 0. The second-order valence-corrected chi connectivity index (χ2v) is 4.55. The fourth-order valence-electron chi connectivity index (χ4n) is 2.11. The van der Waals surface area contributed by atoms with Gasteiger partial charge in [0.25, 0.3) is 0 Å². The van der Waals surface area contributed by atoms with Crippen LogP contribution in [0.1, 0.15) is 26.0 Å². The zero-order valence-corrected chi connectivity index (χ0v) is 10.1. The SMILES string of the molecule is CCNc1cnc(CN2CCC(C)C2)cn1. The predicted octanol–water partition coefficient (Wildman–Crippen LogP) is 1.75. The second kappa shape index (κ2) is 5.25. The molecule has 1 aromatic heterocycles. The zero-order chi connectivity index (χ0) is 11.4. The Morgan fingerprint density at radius 2 is 2.31 bits per heavy atom. The summed E-state index contributed by atoms with van der Waals surface area (Å²) in [7, 11) is 0. The van der Waals surface area contributed by atoms with E-state index in [1.807, 2.05) is 12.4 Å². The van der Waals surface area contributed by atoms with Crippen LogP contribution in [-0.4, -0.2) is 34.5 Å². The van der Waals surface area contributed by atoms with E-state index in [1.54, 1.807) is 0 Å². The van der Waals surface area contributed by atoms with Gasteiger partial charge >= 0.3 is 0 Å². The fourth-order valence-corrected chi connectivity index (χ4v) is 2.11. The van der Waals surface area contributed by atoms with E-state index in [9.17, 15) is 0 Å². The van der Waals surface area contributed by atoms with E-state index in [0.29, 0.717) is 0 Å². The molecule has 0 saturated carbocycles. The number of rotatable bonds is 4. The zero-order valence-electron chi connectivity index (χ0n) is 10.1. The summed E-state index contributed by atoms with van der Waals surface area (Å²) in [5.41, 5.74) is 1.07. The third kappa shape index (κ3) is 2.92. The summed E-state index contributed by atoms with van der Waals surface area (Å²) in [6.07, 6.45) is 5.00. The molecule has 1 unspecified atom stereocenters. The highest BCUT2D eigenvalue weighted by atomic mass is 15.2. The monoisotopic (exact) mass is 220 g/mol. The molecule has 1 aromatic rings. The minimum atomic E-state index is 0.828. The third-order valence-electron chi connectivity index (χ3n) is 2.96. The van der Waals surface area contributed by atoms with Gasteiger partial charge in [-0.3, -0.25) is 9.88 Å². The molecular formula is C12H20N4. The van der Waals surface area contributed by atoms with Crippen LogP contribution < -0.4 is 5.32 Å². The lowest BCUT2D eigenvalue weighted by atomic mass is 10.2. The number of hydrogen-bond donors (Lipinski definition) is 1. The highest BCUT2D eigenvalue weighted by Gasteiger charge is 2.18. The molecule has 2 heterocycles. The van der Waals surface area contributed by atoms with E-state index in [1.165, 1.54) is 19.5 Å². The molecule has 1 N–H and O–H groups in total. The fraction of sp³-hybridized carbons (Fsp3) is 0.667. The van der Waals surface area contributed by atoms with Crippen molar-refractivity contribution in [2.45, 2.75) is 26.8 Å². The van der Waals surface area contributed by atoms with Crippen LogP contribution in [0.5, 0.6) is 0 Å². The molecule has 1 atom stereocenters. The topological polar surface area (TPSA) is 41.1 Å². The van der Waals surface area contributed by atoms with Gasteiger partial charge in [-0.05, 0) is 25.8 Å². The Labute approximate surface area is 97.1 Å². The van der Waals surface area contributed by atoms with Crippen LogP contribution in [0.25, 0.3) is 0 Å². The average Bonchev–Trinajstić information content (AvgIpc) is 2.67. The summed E-state index contributed by atoms with van der Waals surface area (Å²) < 4.78 is 0. The number of nitrogens with zero attached hydrogens (tertiary/aromatic N) is 3. The van der Waals surface area contributed by atoms with Crippen molar-refractivity contribution in [3.8, 4) is 0 Å². The van der Waals surface area contributed by atoms with Crippen LogP contribution in [0.15, 0.2) is 12.4 Å². The van der Waals surface area contributed by atoms with Crippen molar-refractivity contribution < 1.29 is 0 Å². The molecule has 1 saturated heterocycles. The first-order valence-corrected chi connectivity index (χ1v) is 6.05. The van der Waals surface area contributed by atoms with Gasteiger partial charge in [0.1, 0.15) is 5.82 Å². The second-order valence-electron chi connectivity index (χ2n) is 4.55. The first-order chi connectivity index (χ1) is 7.78. The van der Waals surface area contributed by atoms with E-state index in [0.717, 1.165) is 30.5 Å². The summed E-state index contributed by atoms with van der Waals surface area (Å²) in [4.78, 5) is 11.2. The molecule has 1 fully saturated rings. The van der Waals surface area contributed by atoms with Gasteiger partial charge in [0.2, 0.25) is 0 Å². The molecule has 0 bridgehead atoms. The Bertz CT molecular complexity index is 322. The molecule has 0 radical (unpaired) electrons. The van der Waals surface area contributed by atoms with E-state index < -0.39 is 0 Å². The molecule has 2 rings (SSSR count). The predicted molar refractivity (Wildman–Crippen MR) is 65.3 cm³/mol. The van der Waals surface area contributed by atoms with Crippen LogP contribution >= 0.6 is 0 Å². The number of aromatic nitrogens is 2. The van der Waals surface area contributed by atoms with E-state index in [4.69, 9.17) is 0 Å². The van der Waals surface area contributed by atoms with Crippen molar-refractivity contribution >= 4 is 5.82 Å². The number of likely N-dealkylation sites (tertiary alicyclic amines) is 1. The van der Waals surface area contributed by atoms with Crippen LogP contribution in [0.3, 0.4) is 0 Å². The summed E-state index contributed by atoms with van der Waals surface area (Å²) >= 11 is 0. The Kier molecular flexibility index (Phi) is 3.72. The van der Waals surface area contributed by atoms with Crippen molar-refractivity contribution in [3.05, 3.63) is 18.1 Å². The molecule has 1 aliphatic rings. The van der Waals surface area contributed by atoms with E-state index in [2.05, 4.69) is 34.0 Å². The molecular weight excluding hydrogens is 200 g/mol. The highest BCUT2D eigenvalue weighted by molar-refractivity contribution is 5.30. The average molecular weight is 220 g/mol. The Morgan fingerprint density at radius 3 is 2.88 bits per heavy atom. The van der Waals surface area contributed by atoms with Gasteiger partial charge in [-0.15, -0.1) is 0 Å². The molecule has 0 spiro atoms. The van der Waals surface area contributed by atoms with Gasteiger partial charge in [-0.2, -0.15) is 0 Å².